The first-order valence-corrected chi connectivity index (χ1v) is 8.93. The summed E-state index contributed by atoms with van der Waals surface area (Å²) in [6.45, 7) is 5.21. The Hall–Kier alpha value is -2.40. The molecule has 3 rings (SSSR count). The van der Waals surface area contributed by atoms with Crippen LogP contribution in [-0.2, 0) is 0 Å². The van der Waals surface area contributed by atoms with Crippen molar-refractivity contribution in [1.82, 2.24) is 15.2 Å². The fourth-order valence-corrected chi connectivity index (χ4v) is 3.07. The smallest absolute Gasteiger partial charge is 0.253 e. The Bertz CT molecular complexity index is 667. The third-order valence-electron chi connectivity index (χ3n) is 4.32. The Kier molecular flexibility index (Phi) is 6.01. The summed E-state index contributed by atoms with van der Waals surface area (Å²) < 4.78 is 5.65. The lowest BCUT2D eigenvalue weighted by Gasteiger charge is -2.29. The van der Waals surface area contributed by atoms with Crippen molar-refractivity contribution in [1.29, 1.82) is 0 Å². The van der Waals surface area contributed by atoms with E-state index in [4.69, 9.17) is 4.74 Å². The fraction of sp³-hybridized carbons (Fsp3) is 0.400. The van der Waals surface area contributed by atoms with E-state index in [-0.39, 0.29) is 11.9 Å². The van der Waals surface area contributed by atoms with Gasteiger partial charge in [0.2, 0.25) is 5.88 Å². The van der Waals surface area contributed by atoms with Crippen LogP contribution in [0.25, 0.3) is 0 Å². The zero-order valence-corrected chi connectivity index (χ0v) is 14.6. The number of pyridine rings is 1. The van der Waals surface area contributed by atoms with Gasteiger partial charge in [0.1, 0.15) is 5.75 Å². The summed E-state index contributed by atoms with van der Waals surface area (Å²) in [4.78, 5) is 19.0. The third kappa shape index (κ3) is 5.29. The molecule has 0 aliphatic carbocycles. The first-order chi connectivity index (χ1) is 12.2. The number of hydrogen-bond donors (Lipinski definition) is 1. The van der Waals surface area contributed by atoms with Gasteiger partial charge in [-0.05, 0) is 51.1 Å². The van der Waals surface area contributed by atoms with Crippen molar-refractivity contribution < 1.29 is 9.53 Å². The molecule has 0 radical (unpaired) electrons. The van der Waals surface area contributed by atoms with Crippen molar-refractivity contribution in [2.75, 3.05) is 19.6 Å². The molecule has 2 heterocycles. The van der Waals surface area contributed by atoms with E-state index in [2.05, 4.69) is 15.2 Å². The summed E-state index contributed by atoms with van der Waals surface area (Å²) in [5.74, 6) is 1.11. The highest BCUT2D eigenvalue weighted by atomic mass is 16.5. The van der Waals surface area contributed by atoms with E-state index in [0.717, 1.165) is 25.4 Å². The van der Waals surface area contributed by atoms with Gasteiger partial charge in [-0.1, -0.05) is 24.6 Å². The molecule has 1 aliphatic rings. The first kappa shape index (κ1) is 17.4. The predicted octanol–water partition coefficient (Wildman–Crippen LogP) is 3.48. The lowest BCUT2D eigenvalue weighted by molar-refractivity contribution is 0.0925. The highest BCUT2D eigenvalue weighted by Gasteiger charge is 2.16. The number of para-hydroxylation sites is 1. The SMILES string of the molecule is CC(CN1CCCCC1)NC(=O)c1ccc(Oc2ccccc2)nc1. The Labute approximate surface area is 149 Å². The second-order valence-corrected chi connectivity index (χ2v) is 6.54. The summed E-state index contributed by atoms with van der Waals surface area (Å²) in [5, 5.41) is 3.05. The molecule has 5 heteroatoms. The van der Waals surface area contributed by atoms with Gasteiger partial charge in [0.15, 0.2) is 0 Å². The zero-order valence-electron chi connectivity index (χ0n) is 14.6. The summed E-state index contributed by atoms with van der Waals surface area (Å²) in [6, 6.07) is 13.0. The van der Waals surface area contributed by atoms with Gasteiger partial charge >= 0.3 is 0 Å². The molecule has 1 aliphatic heterocycles. The normalized spacial score (nSPS) is 16.2. The molecule has 1 amide bonds. The van der Waals surface area contributed by atoms with Crippen LogP contribution in [0, 0.1) is 0 Å². The van der Waals surface area contributed by atoms with Gasteiger partial charge < -0.3 is 15.0 Å². The number of carbonyl (C=O) groups is 1. The number of piperidine rings is 1. The number of amides is 1. The number of benzene rings is 1. The van der Waals surface area contributed by atoms with Gasteiger partial charge in [-0.2, -0.15) is 0 Å². The van der Waals surface area contributed by atoms with Gasteiger partial charge in [-0.25, -0.2) is 4.98 Å². The fourth-order valence-electron chi connectivity index (χ4n) is 3.07. The number of nitrogens with zero attached hydrogens (tertiary/aromatic N) is 2. The van der Waals surface area contributed by atoms with E-state index >= 15 is 0 Å². The van der Waals surface area contributed by atoms with Crippen molar-refractivity contribution in [2.24, 2.45) is 0 Å². The monoisotopic (exact) mass is 339 g/mol. The molecule has 132 valence electrons. The average Bonchev–Trinajstić information content (AvgIpc) is 2.64. The molecular weight excluding hydrogens is 314 g/mol. The lowest BCUT2D eigenvalue weighted by atomic mass is 10.1. The molecule has 0 bridgehead atoms. The molecule has 2 aromatic rings. The molecule has 1 fully saturated rings. The molecule has 25 heavy (non-hydrogen) atoms. The standard InChI is InChI=1S/C20H25N3O2/c1-16(15-23-12-6-3-7-13-23)22-20(24)17-10-11-19(21-14-17)25-18-8-4-2-5-9-18/h2,4-5,8-11,14,16H,3,6-7,12-13,15H2,1H3,(H,22,24). The molecule has 1 unspecified atom stereocenters. The Balaban J connectivity index is 1.51. The van der Waals surface area contributed by atoms with Crippen molar-refractivity contribution in [3.05, 3.63) is 54.2 Å². The summed E-state index contributed by atoms with van der Waals surface area (Å²) in [7, 11) is 0. The number of hydrogen-bond acceptors (Lipinski definition) is 4. The summed E-state index contributed by atoms with van der Waals surface area (Å²) in [5.41, 5.74) is 0.547. The van der Waals surface area contributed by atoms with Crippen LogP contribution in [0.2, 0.25) is 0 Å². The molecule has 1 aromatic heterocycles. The maximum atomic E-state index is 12.4. The van der Waals surface area contributed by atoms with Crippen molar-refractivity contribution in [3.63, 3.8) is 0 Å². The van der Waals surface area contributed by atoms with Gasteiger partial charge in [-0.15, -0.1) is 0 Å². The minimum atomic E-state index is -0.0942. The summed E-state index contributed by atoms with van der Waals surface area (Å²) >= 11 is 0. The van der Waals surface area contributed by atoms with Crippen LogP contribution in [0.5, 0.6) is 11.6 Å². The van der Waals surface area contributed by atoms with Gasteiger partial charge in [0.25, 0.3) is 5.91 Å². The van der Waals surface area contributed by atoms with Crippen LogP contribution in [0.3, 0.4) is 0 Å². The largest absolute Gasteiger partial charge is 0.439 e. The molecule has 0 saturated carbocycles. The van der Waals surface area contributed by atoms with E-state index in [1.165, 1.54) is 19.3 Å². The molecule has 1 aromatic carbocycles. The van der Waals surface area contributed by atoms with Gasteiger partial charge in [-0.3, -0.25) is 4.79 Å². The number of ether oxygens (including phenoxy) is 1. The van der Waals surface area contributed by atoms with Crippen LogP contribution in [-0.4, -0.2) is 41.5 Å². The van der Waals surface area contributed by atoms with E-state index in [1.54, 1.807) is 18.3 Å². The van der Waals surface area contributed by atoms with E-state index < -0.39 is 0 Å². The molecule has 5 nitrogen and oxygen atoms in total. The molecule has 1 N–H and O–H groups in total. The minimum Gasteiger partial charge on any atom is -0.439 e. The minimum absolute atomic E-state index is 0.0942. The second-order valence-electron chi connectivity index (χ2n) is 6.54. The Morgan fingerprint density at radius 1 is 1.16 bits per heavy atom. The topological polar surface area (TPSA) is 54.5 Å². The molecular formula is C20H25N3O2. The third-order valence-corrected chi connectivity index (χ3v) is 4.32. The van der Waals surface area contributed by atoms with Crippen molar-refractivity contribution >= 4 is 5.91 Å². The Morgan fingerprint density at radius 3 is 2.60 bits per heavy atom. The lowest BCUT2D eigenvalue weighted by Crippen LogP contribution is -2.43. The number of nitrogens with one attached hydrogen (secondary N) is 1. The van der Waals surface area contributed by atoms with Crippen LogP contribution < -0.4 is 10.1 Å². The summed E-state index contributed by atoms with van der Waals surface area (Å²) in [6.07, 6.45) is 5.39. The maximum absolute atomic E-state index is 12.4. The van der Waals surface area contributed by atoms with Crippen LogP contribution in [0.15, 0.2) is 48.7 Å². The molecule has 1 saturated heterocycles. The first-order valence-electron chi connectivity index (χ1n) is 8.93. The second kappa shape index (κ2) is 8.62. The number of carbonyl (C=O) groups excluding carboxylic acids is 1. The van der Waals surface area contributed by atoms with E-state index in [9.17, 15) is 4.79 Å². The maximum Gasteiger partial charge on any atom is 0.253 e. The average molecular weight is 339 g/mol. The number of likely N-dealkylation sites (tertiary alicyclic amines) is 1. The van der Waals surface area contributed by atoms with E-state index in [1.807, 2.05) is 37.3 Å². The zero-order chi connectivity index (χ0) is 17.5. The number of rotatable bonds is 6. The van der Waals surface area contributed by atoms with Crippen LogP contribution in [0.4, 0.5) is 0 Å². The van der Waals surface area contributed by atoms with Gasteiger partial charge in [0, 0.05) is 24.8 Å². The highest BCUT2D eigenvalue weighted by molar-refractivity contribution is 5.94. The quantitative estimate of drug-likeness (QED) is 0.875. The highest BCUT2D eigenvalue weighted by Crippen LogP contribution is 2.18. The van der Waals surface area contributed by atoms with Crippen molar-refractivity contribution in [2.45, 2.75) is 32.2 Å². The van der Waals surface area contributed by atoms with E-state index in [0.29, 0.717) is 11.4 Å². The van der Waals surface area contributed by atoms with Crippen LogP contribution in [0.1, 0.15) is 36.5 Å². The number of aromatic nitrogens is 1. The van der Waals surface area contributed by atoms with Crippen molar-refractivity contribution in [3.8, 4) is 11.6 Å². The van der Waals surface area contributed by atoms with Crippen LogP contribution >= 0.6 is 0 Å². The predicted molar refractivity (Wildman–Crippen MR) is 98.0 cm³/mol. The van der Waals surface area contributed by atoms with Gasteiger partial charge in [0.05, 0.1) is 5.56 Å². The molecule has 1 atom stereocenters. The molecule has 0 spiro atoms. The Morgan fingerprint density at radius 2 is 1.92 bits per heavy atom.